The van der Waals surface area contributed by atoms with Crippen LogP contribution < -0.4 is 16.0 Å². The van der Waals surface area contributed by atoms with E-state index in [0.717, 1.165) is 18.5 Å². The van der Waals surface area contributed by atoms with Crippen molar-refractivity contribution in [3.05, 3.63) is 59.9 Å². The molecule has 1 saturated heterocycles. The molecule has 2 aromatic carbocycles. The van der Waals surface area contributed by atoms with Crippen molar-refractivity contribution in [3.63, 3.8) is 0 Å². The van der Waals surface area contributed by atoms with E-state index in [-0.39, 0.29) is 23.3 Å². The number of urea groups is 2. The van der Waals surface area contributed by atoms with Gasteiger partial charge in [-0.1, -0.05) is 32.9 Å². The van der Waals surface area contributed by atoms with Gasteiger partial charge in [-0.3, -0.25) is 0 Å². The van der Waals surface area contributed by atoms with Crippen molar-refractivity contribution in [1.82, 2.24) is 10.2 Å². The number of anilines is 2. The minimum Gasteiger partial charge on any atom is -0.338 e. The summed E-state index contributed by atoms with van der Waals surface area (Å²) in [4.78, 5) is 26.3. The Morgan fingerprint density at radius 3 is 2.06 bits per heavy atom. The molecule has 0 spiro atoms. The number of likely N-dealkylation sites (tertiary alicyclic amines) is 1. The van der Waals surface area contributed by atoms with Gasteiger partial charge in [-0.15, -0.1) is 0 Å². The van der Waals surface area contributed by atoms with Crippen LogP contribution in [0.2, 0.25) is 0 Å². The molecular formula is C24H31FN4O2. The van der Waals surface area contributed by atoms with Crippen LogP contribution in [-0.4, -0.2) is 36.6 Å². The molecule has 1 heterocycles. The third-order valence-electron chi connectivity index (χ3n) is 5.56. The molecule has 3 N–H and O–H groups in total. The molecule has 1 aliphatic heterocycles. The van der Waals surface area contributed by atoms with Crippen LogP contribution in [0.25, 0.3) is 0 Å². The molecule has 2 aromatic rings. The van der Waals surface area contributed by atoms with Crippen LogP contribution in [0.5, 0.6) is 0 Å². The van der Waals surface area contributed by atoms with Gasteiger partial charge < -0.3 is 20.9 Å². The maximum Gasteiger partial charge on any atom is 0.321 e. The molecule has 0 aliphatic carbocycles. The Labute approximate surface area is 183 Å². The maximum absolute atomic E-state index is 13.0. The average molecular weight is 427 g/mol. The predicted molar refractivity (Wildman–Crippen MR) is 122 cm³/mol. The van der Waals surface area contributed by atoms with Gasteiger partial charge in [0.1, 0.15) is 5.82 Å². The van der Waals surface area contributed by atoms with Crippen molar-refractivity contribution < 1.29 is 14.0 Å². The zero-order valence-corrected chi connectivity index (χ0v) is 18.4. The highest BCUT2D eigenvalue weighted by Crippen LogP contribution is 2.23. The molecule has 7 heteroatoms. The number of hydrogen-bond acceptors (Lipinski definition) is 2. The van der Waals surface area contributed by atoms with Crippen LogP contribution in [-0.2, 0) is 5.41 Å². The van der Waals surface area contributed by atoms with Crippen molar-refractivity contribution in [2.75, 3.05) is 30.3 Å². The summed E-state index contributed by atoms with van der Waals surface area (Å²) in [6.07, 6.45) is 1.63. The second-order valence-corrected chi connectivity index (χ2v) is 9.03. The first kappa shape index (κ1) is 22.6. The van der Waals surface area contributed by atoms with E-state index in [4.69, 9.17) is 0 Å². The van der Waals surface area contributed by atoms with E-state index in [9.17, 15) is 14.0 Å². The standard InChI is InChI=1S/C24H31FN4O2/c1-24(2,3)18-4-8-20(9-5-18)27-22(30)26-16-17-12-14-29(15-13-17)23(31)28-21-10-6-19(25)7-11-21/h4-11,17H,12-16H2,1-3H3,(H,28,31)(H2,26,27,30). The van der Waals surface area contributed by atoms with Crippen LogP contribution in [0.4, 0.5) is 25.4 Å². The number of carbonyl (C=O) groups is 2. The Hall–Kier alpha value is -3.09. The van der Waals surface area contributed by atoms with E-state index in [1.54, 1.807) is 17.0 Å². The van der Waals surface area contributed by atoms with Gasteiger partial charge in [0.15, 0.2) is 0 Å². The van der Waals surface area contributed by atoms with Crippen molar-refractivity contribution in [2.24, 2.45) is 5.92 Å². The lowest BCUT2D eigenvalue weighted by molar-refractivity contribution is 0.181. The molecular weight excluding hydrogens is 395 g/mol. The highest BCUT2D eigenvalue weighted by Gasteiger charge is 2.23. The molecule has 0 saturated carbocycles. The Bertz CT molecular complexity index is 883. The highest BCUT2D eigenvalue weighted by molar-refractivity contribution is 5.90. The maximum atomic E-state index is 13.0. The monoisotopic (exact) mass is 426 g/mol. The Morgan fingerprint density at radius 1 is 0.935 bits per heavy atom. The van der Waals surface area contributed by atoms with Crippen molar-refractivity contribution >= 4 is 23.4 Å². The van der Waals surface area contributed by atoms with Crippen molar-refractivity contribution in [3.8, 4) is 0 Å². The molecule has 0 unspecified atom stereocenters. The minimum absolute atomic E-state index is 0.0750. The first-order valence-electron chi connectivity index (χ1n) is 10.7. The zero-order chi connectivity index (χ0) is 22.4. The summed E-state index contributed by atoms with van der Waals surface area (Å²) in [6.45, 7) is 8.27. The summed E-state index contributed by atoms with van der Waals surface area (Å²) >= 11 is 0. The summed E-state index contributed by atoms with van der Waals surface area (Å²) in [5, 5.41) is 8.58. The number of benzene rings is 2. The fourth-order valence-corrected chi connectivity index (χ4v) is 3.54. The van der Waals surface area contributed by atoms with Gasteiger partial charge in [-0.25, -0.2) is 14.0 Å². The van der Waals surface area contributed by atoms with Gasteiger partial charge >= 0.3 is 12.1 Å². The van der Waals surface area contributed by atoms with E-state index in [0.29, 0.717) is 31.2 Å². The first-order valence-corrected chi connectivity index (χ1v) is 10.7. The van der Waals surface area contributed by atoms with Gasteiger partial charge in [-0.05, 0) is 66.1 Å². The lowest BCUT2D eigenvalue weighted by Crippen LogP contribution is -2.43. The molecule has 1 fully saturated rings. The van der Waals surface area contributed by atoms with E-state index in [1.165, 1.54) is 17.7 Å². The lowest BCUT2D eigenvalue weighted by atomic mass is 9.87. The predicted octanol–water partition coefficient (Wildman–Crippen LogP) is 5.19. The number of halogens is 1. The van der Waals surface area contributed by atoms with Crippen molar-refractivity contribution in [1.29, 1.82) is 0 Å². The Kier molecular flexibility index (Phi) is 7.15. The molecule has 166 valence electrons. The zero-order valence-electron chi connectivity index (χ0n) is 18.4. The number of rotatable bonds is 4. The van der Waals surface area contributed by atoms with Crippen LogP contribution >= 0.6 is 0 Å². The summed E-state index contributed by atoms with van der Waals surface area (Å²) in [7, 11) is 0. The fourth-order valence-electron chi connectivity index (χ4n) is 3.54. The number of nitrogens with zero attached hydrogens (tertiary/aromatic N) is 1. The lowest BCUT2D eigenvalue weighted by Gasteiger charge is -2.32. The van der Waals surface area contributed by atoms with Crippen LogP contribution in [0, 0.1) is 11.7 Å². The Morgan fingerprint density at radius 2 is 1.48 bits per heavy atom. The van der Waals surface area contributed by atoms with E-state index >= 15 is 0 Å². The van der Waals surface area contributed by atoms with E-state index in [2.05, 4.69) is 36.7 Å². The summed E-state index contributed by atoms with van der Waals surface area (Å²) in [5.41, 5.74) is 2.62. The SMILES string of the molecule is CC(C)(C)c1ccc(NC(=O)NCC2CCN(C(=O)Nc3ccc(F)cc3)CC2)cc1. The summed E-state index contributed by atoms with van der Waals surface area (Å²) in [6, 6.07) is 13.2. The van der Waals surface area contributed by atoms with Crippen LogP contribution in [0.15, 0.2) is 48.5 Å². The fraction of sp³-hybridized carbons (Fsp3) is 0.417. The molecule has 0 atom stereocenters. The largest absolute Gasteiger partial charge is 0.338 e. The Balaban J connectivity index is 1.38. The topological polar surface area (TPSA) is 73.5 Å². The van der Waals surface area contributed by atoms with Gasteiger partial charge in [-0.2, -0.15) is 0 Å². The number of amides is 4. The number of nitrogens with one attached hydrogen (secondary N) is 3. The second-order valence-electron chi connectivity index (χ2n) is 9.03. The van der Waals surface area contributed by atoms with Gasteiger partial charge in [0.2, 0.25) is 0 Å². The van der Waals surface area contributed by atoms with E-state index < -0.39 is 0 Å². The molecule has 3 rings (SSSR count). The smallest absolute Gasteiger partial charge is 0.321 e. The molecule has 0 aromatic heterocycles. The van der Waals surface area contributed by atoms with Gasteiger partial charge in [0.25, 0.3) is 0 Å². The van der Waals surface area contributed by atoms with Crippen LogP contribution in [0.1, 0.15) is 39.2 Å². The van der Waals surface area contributed by atoms with Gasteiger partial charge in [0.05, 0.1) is 0 Å². The molecule has 0 radical (unpaired) electrons. The van der Waals surface area contributed by atoms with Crippen molar-refractivity contribution in [2.45, 2.75) is 39.0 Å². The average Bonchev–Trinajstić information content (AvgIpc) is 2.74. The number of carbonyl (C=O) groups excluding carboxylic acids is 2. The first-order chi connectivity index (χ1) is 14.7. The second kappa shape index (κ2) is 9.81. The molecule has 6 nitrogen and oxygen atoms in total. The molecule has 4 amide bonds. The minimum atomic E-state index is -0.336. The van der Waals surface area contributed by atoms with Crippen LogP contribution in [0.3, 0.4) is 0 Å². The van der Waals surface area contributed by atoms with Gasteiger partial charge in [0, 0.05) is 31.0 Å². The molecule has 31 heavy (non-hydrogen) atoms. The molecule has 0 bridgehead atoms. The summed E-state index contributed by atoms with van der Waals surface area (Å²) in [5.74, 6) is -0.0128. The quantitative estimate of drug-likeness (QED) is 0.630. The third kappa shape index (κ3) is 6.70. The molecule has 1 aliphatic rings. The van der Waals surface area contributed by atoms with E-state index in [1.807, 2.05) is 24.3 Å². The number of hydrogen-bond donors (Lipinski definition) is 3. The number of piperidine rings is 1. The third-order valence-corrected chi connectivity index (χ3v) is 5.56. The summed E-state index contributed by atoms with van der Waals surface area (Å²) < 4.78 is 13.0. The normalized spacial score (nSPS) is 14.8. The highest BCUT2D eigenvalue weighted by atomic mass is 19.1.